The van der Waals surface area contributed by atoms with Crippen molar-refractivity contribution in [1.82, 2.24) is 9.78 Å². The van der Waals surface area contributed by atoms with E-state index in [1.54, 1.807) is 24.0 Å². The van der Waals surface area contributed by atoms with Crippen molar-refractivity contribution in [3.05, 3.63) is 67.9 Å². The van der Waals surface area contributed by atoms with Crippen LogP contribution in [-0.4, -0.2) is 9.78 Å². The van der Waals surface area contributed by atoms with E-state index in [4.69, 9.17) is 0 Å². The van der Waals surface area contributed by atoms with Crippen molar-refractivity contribution in [3.8, 4) is 11.1 Å². The second-order valence-electron chi connectivity index (χ2n) is 5.37. The molecule has 0 radical (unpaired) electrons. The summed E-state index contributed by atoms with van der Waals surface area (Å²) in [5.74, 6) is -0.355. The quantitative estimate of drug-likeness (QED) is 0.622. The summed E-state index contributed by atoms with van der Waals surface area (Å²) in [6.07, 6.45) is 1.70. The molecule has 6 heteroatoms. The molecule has 0 atom stereocenters. The first-order valence-electron chi connectivity index (χ1n) is 7.03. The summed E-state index contributed by atoms with van der Waals surface area (Å²) in [5, 5.41) is 5.91. The number of rotatable bonds is 3. The molecule has 0 bridgehead atoms. The standard InChI is InChI=1S/C17H15FIN3O/c1-10-7-12(19)4-6-15(10)20-16-8-11(18)3-5-13(16)14-9-22(2)21-17(14)23/h3-9,20H,1-2H3,(H,21,23). The van der Waals surface area contributed by atoms with Crippen molar-refractivity contribution >= 4 is 34.0 Å². The van der Waals surface area contributed by atoms with Gasteiger partial charge in [-0.05, 0) is 71.5 Å². The molecule has 0 fully saturated rings. The molecular formula is C17H15FIN3O. The van der Waals surface area contributed by atoms with Gasteiger partial charge in [0.2, 0.25) is 0 Å². The van der Waals surface area contributed by atoms with Gasteiger partial charge in [-0.3, -0.25) is 14.6 Å². The zero-order valence-corrected chi connectivity index (χ0v) is 14.8. The summed E-state index contributed by atoms with van der Waals surface area (Å²) in [6, 6.07) is 10.3. The first-order chi connectivity index (χ1) is 10.9. The van der Waals surface area contributed by atoms with Gasteiger partial charge in [0.25, 0.3) is 5.56 Å². The Hall–Kier alpha value is -2.09. The largest absolute Gasteiger partial charge is 0.355 e. The molecule has 4 nitrogen and oxygen atoms in total. The van der Waals surface area contributed by atoms with Crippen LogP contribution in [0.1, 0.15) is 5.56 Å². The highest BCUT2D eigenvalue weighted by Gasteiger charge is 2.13. The highest BCUT2D eigenvalue weighted by atomic mass is 127. The van der Waals surface area contributed by atoms with Gasteiger partial charge in [0, 0.05) is 33.8 Å². The zero-order chi connectivity index (χ0) is 16.6. The molecule has 0 aliphatic rings. The third-order valence-electron chi connectivity index (χ3n) is 3.57. The maximum Gasteiger partial charge on any atom is 0.272 e. The van der Waals surface area contributed by atoms with Crippen molar-refractivity contribution in [2.24, 2.45) is 7.05 Å². The van der Waals surface area contributed by atoms with Gasteiger partial charge < -0.3 is 5.32 Å². The van der Waals surface area contributed by atoms with Gasteiger partial charge in [0.15, 0.2) is 0 Å². The van der Waals surface area contributed by atoms with Crippen molar-refractivity contribution in [3.63, 3.8) is 0 Å². The van der Waals surface area contributed by atoms with Gasteiger partial charge in [-0.1, -0.05) is 0 Å². The summed E-state index contributed by atoms with van der Waals surface area (Å²) in [6.45, 7) is 1.98. The van der Waals surface area contributed by atoms with Gasteiger partial charge in [-0.15, -0.1) is 0 Å². The third-order valence-corrected chi connectivity index (χ3v) is 4.25. The fourth-order valence-electron chi connectivity index (χ4n) is 2.46. The molecule has 3 aromatic rings. The molecule has 2 aromatic carbocycles. The molecule has 118 valence electrons. The Morgan fingerprint density at radius 2 is 1.91 bits per heavy atom. The highest BCUT2D eigenvalue weighted by molar-refractivity contribution is 14.1. The topological polar surface area (TPSA) is 49.8 Å². The molecule has 0 amide bonds. The number of aromatic amines is 1. The molecule has 2 N–H and O–H groups in total. The Balaban J connectivity index is 2.10. The minimum absolute atomic E-state index is 0.207. The minimum Gasteiger partial charge on any atom is -0.355 e. The number of H-pyrrole nitrogens is 1. The van der Waals surface area contributed by atoms with Gasteiger partial charge in [0.05, 0.1) is 5.56 Å². The Labute approximate surface area is 146 Å². The number of aromatic nitrogens is 2. The molecule has 1 heterocycles. The van der Waals surface area contributed by atoms with Crippen LogP contribution in [-0.2, 0) is 7.05 Å². The lowest BCUT2D eigenvalue weighted by Gasteiger charge is -2.13. The van der Waals surface area contributed by atoms with E-state index >= 15 is 0 Å². The second kappa shape index (κ2) is 6.19. The molecule has 0 spiro atoms. The van der Waals surface area contributed by atoms with Crippen molar-refractivity contribution < 1.29 is 4.39 Å². The first-order valence-corrected chi connectivity index (χ1v) is 8.10. The Morgan fingerprint density at radius 1 is 1.13 bits per heavy atom. The predicted octanol–water partition coefficient (Wildman–Crippen LogP) is 4.18. The lowest BCUT2D eigenvalue weighted by molar-refractivity contribution is 0.628. The fraction of sp³-hybridized carbons (Fsp3) is 0.118. The van der Waals surface area contributed by atoms with E-state index in [9.17, 15) is 9.18 Å². The summed E-state index contributed by atoms with van der Waals surface area (Å²) < 4.78 is 16.4. The van der Waals surface area contributed by atoms with Gasteiger partial charge >= 0.3 is 0 Å². The number of hydrogen-bond donors (Lipinski definition) is 2. The molecule has 0 aliphatic carbocycles. The van der Waals surface area contributed by atoms with Gasteiger partial charge in [-0.2, -0.15) is 0 Å². The smallest absolute Gasteiger partial charge is 0.272 e. The van der Waals surface area contributed by atoms with E-state index in [1.807, 2.05) is 25.1 Å². The molecule has 23 heavy (non-hydrogen) atoms. The lowest BCUT2D eigenvalue weighted by atomic mass is 10.1. The van der Waals surface area contributed by atoms with Crippen LogP contribution in [0.5, 0.6) is 0 Å². The Bertz CT molecular complexity index is 930. The lowest BCUT2D eigenvalue weighted by Crippen LogP contribution is -2.05. The second-order valence-corrected chi connectivity index (χ2v) is 6.61. The maximum absolute atomic E-state index is 13.7. The van der Waals surface area contributed by atoms with E-state index in [0.717, 1.165) is 14.8 Å². The van der Waals surface area contributed by atoms with E-state index in [0.29, 0.717) is 16.8 Å². The molecule has 0 saturated heterocycles. The number of benzene rings is 2. The normalized spacial score (nSPS) is 10.8. The molecule has 0 unspecified atom stereocenters. The number of nitrogens with one attached hydrogen (secondary N) is 2. The molecule has 0 saturated carbocycles. The monoisotopic (exact) mass is 423 g/mol. The number of aryl methyl sites for hydroxylation is 2. The maximum atomic E-state index is 13.7. The van der Waals surface area contributed by atoms with Crippen LogP contribution in [0.2, 0.25) is 0 Å². The van der Waals surface area contributed by atoms with Crippen molar-refractivity contribution in [1.29, 1.82) is 0 Å². The van der Waals surface area contributed by atoms with Crippen LogP contribution in [0, 0.1) is 16.3 Å². The fourth-order valence-corrected chi connectivity index (χ4v) is 3.11. The number of anilines is 2. The zero-order valence-electron chi connectivity index (χ0n) is 12.7. The van der Waals surface area contributed by atoms with Crippen molar-refractivity contribution in [2.75, 3.05) is 5.32 Å². The molecular weight excluding hydrogens is 408 g/mol. The van der Waals surface area contributed by atoms with Crippen LogP contribution in [0.15, 0.2) is 47.4 Å². The number of nitrogens with zero attached hydrogens (tertiary/aromatic N) is 1. The van der Waals surface area contributed by atoms with E-state index < -0.39 is 0 Å². The van der Waals surface area contributed by atoms with Crippen LogP contribution >= 0.6 is 22.6 Å². The van der Waals surface area contributed by atoms with Crippen LogP contribution < -0.4 is 10.9 Å². The minimum atomic E-state index is -0.355. The average molecular weight is 423 g/mol. The average Bonchev–Trinajstić information content (AvgIpc) is 2.81. The summed E-state index contributed by atoms with van der Waals surface area (Å²) in [4.78, 5) is 12.0. The highest BCUT2D eigenvalue weighted by Crippen LogP contribution is 2.30. The van der Waals surface area contributed by atoms with Crippen LogP contribution in [0.3, 0.4) is 0 Å². The van der Waals surface area contributed by atoms with Crippen LogP contribution in [0.4, 0.5) is 15.8 Å². The van der Waals surface area contributed by atoms with E-state index in [2.05, 4.69) is 33.0 Å². The molecule has 1 aromatic heterocycles. The summed E-state index contributed by atoms with van der Waals surface area (Å²) >= 11 is 2.25. The van der Waals surface area contributed by atoms with E-state index in [-0.39, 0.29) is 11.4 Å². The molecule has 3 rings (SSSR count). The van der Waals surface area contributed by atoms with Gasteiger partial charge in [-0.25, -0.2) is 4.39 Å². The summed E-state index contributed by atoms with van der Waals surface area (Å²) in [7, 11) is 1.74. The van der Waals surface area contributed by atoms with Gasteiger partial charge in [0.1, 0.15) is 5.82 Å². The first kappa shape index (κ1) is 15.8. The number of halogens is 2. The Kier molecular flexibility index (Phi) is 4.25. The van der Waals surface area contributed by atoms with Crippen molar-refractivity contribution in [2.45, 2.75) is 6.92 Å². The molecule has 0 aliphatic heterocycles. The SMILES string of the molecule is Cc1cc(I)ccc1Nc1cc(F)ccc1-c1cn(C)[nH]c1=O. The number of hydrogen-bond acceptors (Lipinski definition) is 2. The predicted molar refractivity (Wildman–Crippen MR) is 98.6 cm³/mol. The summed E-state index contributed by atoms with van der Waals surface area (Å²) in [5.41, 5.74) is 3.44. The third kappa shape index (κ3) is 3.31. The Morgan fingerprint density at radius 3 is 2.57 bits per heavy atom. The van der Waals surface area contributed by atoms with Crippen LogP contribution in [0.25, 0.3) is 11.1 Å². The van der Waals surface area contributed by atoms with E-state index in [1.165, 1.54) is 12.1 Å².